The van der Waals surface area contributed by atoms with E-state index in [4.69, 9.17) is 0 Å². The lowest BCUT2D eigenvalue weighted by Gasteiger charge is -2.36. The third-order valence-corrected chi connectivity index (χ3v) is 4.59. The van der Waals surface area contributed by atoms with Gasteiger partial charge in [-0.25, -0.2) is 0 Å². The molecule has 2 aliphatic rings. The molecule has 4 atom stereocenters. The van der Waals surface area contributed by atoms with Gasteiger partial charge in [0.05, 0.1) is 0 Å². The first kappa shape index (κ1) is 9.55. The van der Waals surface area contributed by atoms with E-state index < -0.39 is 0 Å². The van der Waals surface area contributed by atoms with Gasteiger partial charge in [0.2, 0.25) is 0 Å². The lowest BCUT2D eigenvalue weighted by Crippen LogP contribution is -2.30. The molecule has 2 rings (SSSR count). The molecule has 0 unspecified atom stereocenters. The lowest BCUT2D eigenvalue weighted by atomic mass is 9.69. The molecule has 13 heavy (non-hydrogen) atoms. The molecule has 0 heterocycles. The Labute approximate surface area is 83.1 Å². The Morgan fingerprint density at radius 3 is 1.46 bits per heavy atom. The van der Waals surface area contributed by atoms with Crippen molar-refractivity contribution in [3.63, 3.8) is 0 Å². The Morgan fingerprint density at radius 1 is 0.769 bits per heavy atom. The van der Waals surface area contributed by atoms with E-state index in [2.05, 4.69) is 27.7 Å². The minimum Gasteiger partial charge on any atom is -0.0625 e. The minimum absolute atomic E-state index is 0.919. The van der Waals surface area contributed by atoms with Crippen LogP contribution >= 0.6 is 0 Å². The molecule has 0 amide bonds. The third-order valence-electron chi connectivity index (χ3n) is 4.59. The van der Waals surface area contributed by atoms with Gasteiger partial charge in [-0.2, -0.15) is 0 Å². The number of fused-ring (bicyclic) bond motifs is 2. The van der Waals surface area contributed by atoms with Crippen molar-refractivity contribution in [3.05, 3.63) is 0 Å². The van der Waals surface area contributed by atoms with Gasteiger partial charge in [0.1, 0.15) is 0 Å². The zero-order chi connectivity index (χ0) is 9.59. The second kappa shape index (κ2) is 3.29. The number of rotatable bonds is 2. The highest BCUT2D eigenvalue weighted by Gasteiger charge is 2.49. The Bertz CT molecular complexity index is 160. The largest absolute Gasteiger partial charge is 0.0625 e. The van der Waals surface area contributed by atoms with Gasteiger partial charge >= 0.3 is 0 Å². The van der Waals surface area contributed by atoms with Crippen molar-refractivity contribution < 1.29 is 0 Å². The zero-order valence-corrected chi connectivity index (χ0v) is 9.59. The molecule has 0 aromatic rings. The standard InChI is InChI=1S/C13H24/c1-8(2)12-10-5-6-11(7-10)13(12)9(3)4/h8-13H,5-7H2,1-4H3/t10-,11+,12-,13-/m0/s1. The van der Waals surface area contributed by atoms with Crippen LogP contribution in [0.25, 0.3) is 0 Å². The second-order valence-corrected chi connectivity index (χ2v) is 5.98. The van der Waals surface area contributed by atoms with Crippen molar-refractivity contribution in [3.8, 4) is 0 Å². The van der Waals surface area contributed by atoms with E-state index in [-0.39, 0.29) is 0 Å². The fourth-order valence-electron chi connectivity index (χ4n) is 4.36. The molecular weight excluding hydrogens is 156 g/mol. The first-order valence-corrected chi connectivity index (χ1v) is 6.11. The average molecular weight is 180 g/mol. The van der Waals surface area contributed by atoms with E-state index in [1.165, 1.54) is 12.8 Å². The monoisotopic (exact) mass is 180 g/mol. The second-order valence-electron chi connectivity index (χ2n) is 5.98. The molecule has 0 nitrogen and oxygen atoms in total. The fourth-order valence-corrected chi connectivity index (χ4v) is 4.36. The van der Waals surface area contributed by atoms with Crippen molar-refractivity contribution in [2.75, 3.05) is 0 Å². The van der Waals surface area contributed by atoms with E-state index in [1.807, 2.05) is 0 Å². The van der Waals surface area contributed by atoms with Crippen molar-refractivity contribution in [1.82, 2.24) is 0 Å². The van der Waals surface area contributed by atoms with Crippen LogP contribution in [-0.4, -0.2) is 0 Å². The predicted molar refractivity (Wildman–Crippen MR) is 57.5 cm³/mol. The molecule has 0 aromatic carbocycles. The first-order valence-electron chi connectivity index (χ1n) is 6.11. The van der Waals surface area contributed by atoms with Crippen LogP contribution in [0, 0.1) is 35.5 Å². The quantitative estimate of drug-likeness (QED) is 0.603. The summed E-state index contributed by atoms with van der Waals surface area (Å²) >= 11 is 0. The molecule has 0 N–H and O–H groups in total. The summed E-state index contributed by atoms with van der Waals surface area (Å²) in [5, 5.41) is 0. The predicted octanol–water partition coefficient (Wildman–Crippen LogP) is 3.96. The summed E-state index contributed by atoms with van der Waals surface area (Å²) in [5.74, 6) is 6.14. The lowest BCUT2D eigenvalue weighted by molar-refractivity contribution is 0.124. The van der Waals surface area contributed by atoms with Gasteiger partial charge in [0, 0.05) is 0 Å². The van der Waals surface area contributed by atoms with Gasteiger partial charge < -0.3 is 0 Å². The van der Waals surface area contributed by atoms with Crippen LogP contribution < -0.4 is 0 Å². The Kier molecular flexibility index (Phi) is 2.42. The van der Waals surface area contributed by atoms with Gasteiger partial charge in [-0.1, -0.05) is 27.7 Å². The van der Waals surface area contributed by atoms with Crippen LogP contribution in [-0.2, 0) is 0 Å². The van der Waals surface area contributed by atoms with Crippen LogP contribution in [0.5, 0.6) is 0 Å². The van der Waals surface area contributed by atoms with E-state index >= 15 is 0 Å². The fraction of sp³-hybridized carbons (Fsp3) is 1.00. The number of hydrogen-bond acceptors (Lipinski definition) is 0. The van der Waals surface area contributed by atoms with Crippen LogP contribution in [0.1, 0.15) is 47.0 Å². The van der Waals surface area contributed by atoms with Crippen molar-refractivity contribution in [2.24, 2.45) is 35.5 Å². The van der Waals surface area contributed by atoms with Crippen LogP contribution in [0.4, 0.5) is 0 Å². The highest BCUT2D eigenvalue weighted by atomic mass is 14.5. The van der Waals surface area contributed by atoms with Gasteiger partial charge in [0.25, 0.3) is 0 Å². The summed E-state index contributed by atoms with van der Waals surface area (Å²) in [7, 11) is 0. The van der Waals surface area contributed by atoms with E-state index in [1.54, 1.807) is 6.42 Å². The molecule has 0 aromatic heterocycles. The highest BCUT2D eigenvalue weighted by molar-refractivity contribution is 4.98. The smallest absolute Gasteiger partial charge is 0.0329 e. The summed E-state index contributed by atoms with van der Waals surface area (Å²) in [6.07, 6.45) is 4.64. The van der Waals surface area contributed by atoms with Gasteiger partial charge in [-0.05, 0) is 54.8 Å². The van der Waals surface area contributed by atoms with Crippen LogP contribution in [0.15, 0.2) is 0 Å². The van der Waals surface area contributed by atoms with E-state index in [9.17, 15) is 0 Å². The highest BCUT2D eigenvalue weighted by Crippen LogP contribution is 2.56. The Morgan fingerprint density at radius 2 is 1.15 bits per heavy atom. The molecule has 2 bridgehead atoms. The normalized spacial score (nSPS) is 43.8. The molecular formula is C13H24. The summed E-state index contributed by atoms with van der Waals surface area (Å²) in [6, 6.07) is 0. The maximum atomic E-state index is 2.43. The van der Waals surface area contributed by atoms with Crippen LogP contribution in [0.2, 0.25) is 0 Å². The minimum atomic E-state index is 0.919. The van der Waals surface area contributed by atoms with Gasteiger partial charge in [-0.3, -0.25) is 0 Å². The van der Waals surface area contributed by atoms with E-state index in [0.29, 0.717) is 0 Å². The van der Waals surface area contributed by atoms with E-state index in [0.717, 1.165) is 35.5 Å². The molecule has 0 aliphatic heterocycles. The molecule has 2 aliphatic carbocycles. The van der Waals surface area contributed by atoms with Crippen LogP contribution in [0.3, 0.4) is 0 Å². The van der Waals surface area contributed by atoms with Crippen molar-refractivity contribution in [2.45, 2.75) is 47.0 Å². The topological polar surface area (TPSA) is 0 Å². The molecule has 0 spiro atoms. The number of hydrogen-bond donors (Lipinski definition) is 0. The first-order chi connectivity index (χ1) is 6.11. The molecule has 2 saturated carbocycles. The molecule has 0 saturated heterocycles. The van der Waals surface area contributed by atoms with Gasteiger partial charge in [0.15, 0.2) is 0 Å². The maximum Gasteiger partial charge on any atom is -0.0329 e. The summed E-state index contributed by atoms with van der Waals surface area (Å²) in [5.41, 5.74) is 0. The summed E-state index contributed by atoms with van der Waals surface area (Å²) in [4.78, 5) is 0. The molecule has 2 fully saturated rings. The summed E-state index contributed by atoms with van der Waals surface area (Å²) < 4.78 is 0. The SMILES string of the molecule is CC(C)[C@H]1[C@@H]2CC[C@@H](C2)[C@@H]1C(C)C. The molecule has 0 heteroatoms. The van der Waals surface area contributed by atoms with Crippen molar-refractivity contribution in [1.29, 1.82) is 0 Å². The zero-order valence-electron chi connectivity index (χ0n) is 9.59. The Hall–Kier alpha value is 0. The summed E-state index contributed by atoms with van der Waals surface area (Å²) in [6.45, 7) is 9.73. The molecule has 76 valence electrons. The Balaban J connectivity index is 2.15. The molecule has 0 radical (unpaired) electrons. The van der Waals surface area contributed by atoms with Crippen molar-refractivity contribution >= 4 is 0 Å². The van der Waals surface area contributed by atoms with Gasteiger partial charge in [-0.15, -0.1) is 0 Å². The third kappa shape index (κ3) is 1.43. The average Bonchev–Trinajstić information content (AvgIpc) is 2.60. The maximum absolute atomic E-state index is 2.43.